The van der Waals surface area contributed by atoms with E-state index in [0.717, 1.165) is 24.2 Å². The molecule has 55 heavy (non-hydrogen) atoms. The Bertz CT molecular complexity index is 2940. The second kappa shape index (κ2) is 13.2. The van der Waals surface area contributed by atoms with Gasteiger partial charge in [0.05, 0.1) is 9.65 Å². The smallest absolute Gasteiger partial charge is 0.180 e. The van der Waals surface area contributed by atoms with Gasteiger partial charge in [-0.3, -0.25) is 0 Å². The van der Waals surface area contributed by atoms with Crippen LogP contribution < -0.4 is 20.7 Å². The van der Waals surface area contributed by atoms with Crippen LogP contribution in [0.4, 0.5) is 0 Å². The Hall–Kier alpha value is -4.78. The lowest BCUT2D eigenvalue weighted by Gasteiger charge is -2.36. The van der Waals surface area contributed by atoms with Crippen LogP contribution in [0, 0.1) is 0 Å². The minimum absolute atomic E-state index is 0.0504. The SMILES string of the molecule is BrC1c2ccc(-c3cccc4c3sc3ccccc34)cc2[Si](c2ccccc2)(c2ccccc2)c2cc(-c3cccc4oc5c(c34)C=CCC5)ccc2C1Br. The van der Waals surface area contributed by atoms with Gasteiger partial charge >= 0.3 is 0 Å². The summed E-state index contributed by atoms with van der Waals surface area (Å²) in [5, 5.41) is 9.44. The molecule has 0 spiro atoms. The Morgan fingerprint density at radius 1 is 0.582 bits per heavy atom. The predicted molar refractivity (Wildman–Crippen MR) is 244 cm³/mol. The molecule has 0 saturated carbocycles. The lowest BCUT2D eigenvalue weighted by atomic mass is 9.94. The van der Waals surface area contributed by atoms with Gasteiger partial charge in [0.25, 0.3) is 0 Å². The van der Waals surface area contributed by atoms with E-state index in [-0.39, 0.29) is 9.65 Å². The van der Waals surface area contributed by atoms with Crippen molar-refractivity contribution < 1.29 is 4.42 Å². The molecule has 2 aromatic heterocycles. The summed E-state index contributed by atoms with van der Waals surface area (Å²) in [4.78, 5) is 0.104. The molecule has 2 unspecified atom stereocenters. The topological polar surface area (TPSA) is 13.1 Å². The first kappa shape index (κ1) is 33.5. The third-order valence-corrected chi connectivity index (χ3v) is 20.7. The Kier molecular flexibility index (Phi) is 8.03. The van der Waals surface area contributed by atoms with E-state index in [1.54, 1.807) is 0 Å². The van der Waals surface area contributed by atoms with Gasteiger partial charge in [0, 0.05) is 37.5 Å². The molecule has 0 N–H and O–H groups in total. The van der Waals surface area contributed by atoms with E-state index < -0.39 is 8.07 Å². The van der Waals surface area contributed by atoms with E-state index in [1.165, 1.54) is 85.2 Å². The van der Waals surface area contributed by atoms with Crippen LogP contribution in [-0.2, 0) is 6.42 Å². The van der Waals surface area contributed by atoms with E-state index >= 15 is 0 Å². The fourth-order valence-corrected chi connectivity index (χ4v) is 17.8. The molecule has 7 aromatic carbocycles. The maximum absolute atomic E-state index is 6.49. The number of aryl methyl sites for hydroxylation is 1. The highest BCUT2D eigenvalue weighted by atomic mass is 79.9. The normalized spacial score (nSPS) is 17.2. The number of thiophene rings is 1. The molecule has 1 aliphatic carbocycles. The van der Waals surface area contributed by atoms with Crippen LogP contribution in [-0.4, -0.2) is 8.07 Å². The van der Waals surface area contributed by atoms with Gasteiger partial charge in [-0.2, -0.15) is 0 Å². The number of benzene rings is 7. The maximum Gasteiger partial charge on any atom is 0.180 e. The van der Waals surface area contributed by atoms with Crippen LogP contribution in [0.5, 0.6) is 0 Å². The highest BCUT2D eigenvalue weighted by molar-refractivity contribution is 9.12. The molecule has 2 aliphatic rings. The summed E-state index contributed by atoms with van der Waals surface area (Å²) < 4.78 is 9.16. The van der Waals surface area contributed by atoms with E-state index in [2.05, 4.69) is 202 Å². The molecule has 0 bridgehead atoms. The second-order valence-corrected chi connectivity index (χ2v) is 21.5. The molecule has 0 fully saturated rings. The number of hydrogen-bond acceptors (Lipinski definition) is 2. The van der Waals surface area contributed by atoms with Crippen LogP contribution in [0.1, 0.15) is 38.5 Å². The zero-order chi connectivity index (χ0) is 36.7. The Morgan fingerprint density at radius 2 is 1.18 bits per heavy atom. The fourth-order valence-electron chi connectivity index (χ4n) is 9.42. The van der Waals surface area contributed by atoms with Crippen molar-refractivity contribution >= 4 is 109 Å². The molecular weight excluding hydrogens is 837 g/mol. The summed E-state index contributed by atoms with van der Waals surface area (Å²) >= 11 is 10.5. The van der Waals surface area contributed by atoms with Gasteiger partial charge < -0.3 is 4.42 Å². The van der Waals surface area contributed by atoms with E-state index in [9.17, 15) is 0 Å². The van der Waals surface area contributed by atoms with Crippen molar-refractivity contribution in [1.29, 1.82) is 0 Å². The second-order valence-electron chi connectivity index (χ2n) is 14.7. The monoisotopic (exact) mass is 868 g/mol. The highest BCUT2D eigenvalue weighted by Crippen LogP contribution is 2.47. The molecule has 9 aromatic rings. The first-order valence-corrected chi connectivity index (χ1v) is 23.6. The molecule has 3 heterocycles. The molecule has 11 rings (SSSR count). The summed E-state index contributed by atoms with van der Waals surface area (Å²) in [6.07, 6.45) is 6.51. The van der Waals surface area contributed by atoms with Gasteiger partial charge in [0.15, 0.2) is 8.07 Å². The van der Waals surface area contributed by atoms with Crippen molar-refractivity contribution in [3.8, 4) is 22.3 Å². The largest absolute Gasteiger partial charge is 0.460 e. The number of alkyl halides is 2. The molecule has 5 heteroatoms. The third kappa shape index (κ3) is 5.06. The molecule has 264 valence electrons. The average Bonchev–Trinajstić information content (AvgIpc) is 3.81. The highest BCUT2D eigenvalue weighted by Gasteiger charge is 2.48. The molecular formula is C50H34Br2OSSi. The van der Waals surface area contributed by atoms with Gasteiger partial charge in [0.2, 0.25) is 0 Å². The van der Waals surface area contributed by atoms with Crippen LogP contribution in [0.25, 0.3) is 59.5 Å². The number of rotatable bonds is 4. The first-order chi connectivity index (χ1) is 27.1. The van der Waals surface area contributed by atoms with Crippen molar-refractivity contribution in [2.24, 2.45) is 0 Å². The summed E-state index contributed by atoms with van der Waals surface area (Å²) in [6, 6.07) is 59.6. The standard InChI is InChI=1S/C50H34Br2OSSi/c51-48-40-27-25-31(35-19-12-23-43-47(35)39-18-7-9-22-42(39)53-43)29-45(40)55(33-13-3-1-4-14-33,34-15-5-2-6-16-34)46-30-32(26-28-41(46)49(48)52)36-20-11-21-38-37-17-8-10-24-44(37)54-50(36)38/h1-8,10-21,23-30,48-49H,9,22H2. The van der Waals surface area contributed by atoms with E-state index in [0.29, 0.717) is 0 Å². The fraction of sp³-hybridized carbons (Fsp3) is 0.0800. The van der Waals surface area contributed by atoms with E-state index in [1.807, 2.05) is 11.3 Å². The maximum atomic E-state index is 6.49. The van der Waals surface area contributed by atoms with Gasteiger partial charge in [-0.05, 0) is 72.7 Å². The zero-order valence-corrected chi connectivity index (χ0v) is 34.8. The van der Waals surface area contributed by atoms with Crippen molar-refractivity contribution in [3.05, 3.63) is 186 Å². The van der Waals surface area contributed by atoms with Crippen molar-refractivity contribution in [2.45, 2.75) is 22.5 Å². The summed E-state index contributed by atoms with van der Waals surface area (Å²) in [5.74, 6) is 1.09. The number of halogens is 2. The minimum Gasteiger partial charge on any atom is -0.460 e. The Balaban J connectivity index is 1.25. The van der Waals surface area contributed by atoms with Gasteiger partial charge in [-0.25, -0.2) is 0 Å². The third-order valence-electron chi connectivity index (χ3n) is 11.9. The minimum atomic E-state index is -3.01. The number of furan rings is 1. The number of hydrogen-bond donors (Lipinski definition) is 0. The van der Waals surface area contributed by atoms with Crippen molar-refractivity contribution in [3.63, 3.8) is 0 Å². The zero-order valence-electron chi connectivity index (χ0n) is 29.8. The lowest BCUT2D eigenvalue weighted by molar-refractivity contribution is 0.546. The molecule has 2 atom stereocenters. The predicted octanol–water partition coefficient (Wildman–Crippen LogP) is 12.4. The summed E-state index contributed by atoms with van der Waals surface area (Å²) in [6.45, 7) is 0. The lowest BCUT2D eigenvalue weighted by Crippen LogP contribution is -2.75. The van der Waals surface area contributed by atoms with Crippen LogP contribution in [0.3, 0.4) is 0 Å². The summed E-state index contributed by atoms with van der Waals surface area (Å²) in [7, 11) is -3.01. The Morgan fingerprint density at radius 3 is 1.89 bits per heavy atom. The van der Waals surface area contributed by atoms with Crippen molar-refractivity contribution in [1.82, 2.24) is 0 Å². The molecule has 0 radical (unpaired) electrons. The number of fused-ring (bicyclic) bond motifs is 8. The van der Waals surface area contributed by atoms with Crippen LogP contribution in [0.2, 0.25) is 0 Å². The van der Waals surface area contributed by atoms with E-state index in [4.69, 9.17) is 4.42 Å². The molecule has 0 amide bonds. The number of allylic oxidation sites excluding steroid dienone is 1. The first-order valence-electron chi connectivity index (χ1n) is 18.9. The van der Waals surface area contributed by atoms with Gasteiger partial charge in [0.1, 0.15) is 11.3 Å². The van der Waals surface area contributed by atoms with Gasteiger partial charge in [-0.15, -0.1) is 11.3 Å². The molecule has 1 nitrogen and oxygen atoms in total. The quantitative estimate of drug-likeness (QED) is 0.127. The Labute approximate surface area is 342 Å². The summed E-state index contributed by atoms with van der Waals surface area (Å²) in [5.41, 5.74) is 9.83. The van der Waals surface area contributed by atoms with Crippen LogP contribution >= 0.6 is 43.2 Å². The molecule has 1 aliphatic heterocycles. The van der Waals surface area contributed by atoms with Crippen LogP contribution in [0.15, 0.2) is 168 Å². The van der Waals surface area contributed by atoms with Gasteiger partial charge in [-0.1, -0.05) is 190 Å². The molecule has 0 saturated heterocycles. The average molecular weight is 871 g/mol. The van der Waals surface area contributed by atoms with Crippen molar-refractivity contribution in [2.75, 3.05) is 0 Å².